The van der Waals surface area contributed by atoms with Gasteiger partial charge in [-0.15, -0.1) is 0 Å². The Kier molecular flexibility index (Phi) is 4.12. The summed E-state index contributed by atoms with van der Waals surface area (Å²) in [7, 11) is 3.19. The molecular weight excluding hydrogens is 306 g/mol. The molecule has 1 aliphatic heterocycles. The van der Waals surface area contributed by atoms with Crippen molar-refractivity contribution in [3.8, 4) is 5.75 Å². The Balaban J connectivity index is 2.23. The van der Waals surface area contributed by atoms with Gasteiger partial charge in [0.1, 0.15) is 5.75 Å². The van der Waals surface area contributed by atoms with E-state index in [9.17, 15) is 9.59 Å². The number of hydrogen-bond acceptors (Lipinski definition) is 3. The van der Waals surface area contributed by atoms with Gasteiger partial charge in [0.25, 0.3) is 5.91 Å². The molecule has 3 rings (SSSR count). The van der Waals surface area contributed by atoms with Gasteiger partial charge in [0, 0.05) is 18.1 Å². The summed E-state index contributed by atoms with van der Waals surface area (Å²) in [6.07, 6.45) is 0. The highest BCUT2D eigenvalue weighted by Crippen LogP contribution is 2.35. The number of urea groups is 1. The lowest BCUT2D eigenvalue weighted by molar-refractivity contribution is -0.117. The predicted molar refractivity (Wildman–Crippen MR) is 91.7 cm³/mol. The molecule has 0 spiro atoms. The van der Waals surface area contributed by atoms with Gasteiger partial charge in [0.2, 0.25) is 0 Å². The van der Waals surface area contributed by atoms with Crippen LogP contribution in [0, 0.1) is 0 Å². The normalized spacial score (nSPS) is 17.3. The molecule has 1 unspecified atom stereocenters. The van der Waals surface area contributed by atoms with Crippen molar-refractivity contribution < 1.29 is 14.3 Å². The van der Waals surface area contributed by atoms with E-state index in [2.05, 4.69) is 16.0 Å². The van der Waals surface area contributed by atoms with Crippen LogP contribution in [-0.2, 0) is 4.79 Å². The monoisotopic (exact) mass is 325 g/mol. The molecule has 2 aromatic rings. The number of nitrogens with one attached hydrogen (secondary N) is 3. The molecular formula is C18H19N3O3. The van der Waals surface area contributed by atoms with Crippen LogP contribution in [0.5, 0.6) is 5.75 Å². The number of fused-ring (bicyclic) bond motifs is 1. The molecule has 1 aliphatic rings. The average molecular weight is 325 g/mol. The number of benzene rings is 2. The fourth-order valence-electron chi connectivity index (χ4n) is 3.09. The van der Waals surface area contributed by atoms with Gasteiger partial charge >= 0.3 is 6.03 Å². The van der Waals surface area contributed by atoms with E-state index in [0.717, 1.165) is 22.1 Å². The van der Waals surface area contributed by atoms with Gasteiger partial charge in [-0.2, -0.15) is 0 Å². The lowest BCUT2D eigenvalue weighted by atomic mass is 9.90. The number of amides is 3. The quantitative estimate of drug-likeness (QED) is 0.809. The van der Waals surface area contributed by atoms with Crippen LogP contribution in [0.3, 0.4) is 0 Å². The maximum absolute atomic E-state index is 12.3. The van der Waals surface area contributed by atoms with Gasteiger partial charge < -0.3 is 20.7 Å². The number of carbonyl (C=O) groups is 2. The Hall–Kier alpha value is -3.02. The second kappa shape index (κ2) is 6.23. The van der Waals surface area contributed by atoms with E-state index in [0.29, 0.717) is 11.3 Å². The molecule has 0 bridgehead atoms. The third kappa shape index (κ3) is 2.56. The largest absolute Gasteiger partial charge is 0.496 e. The van der Waals surface area contributed by atoms with Crippen LogP contribution in [-0.4, -0.2) is 26.1 Å². The highest BCUT2D eigenvalue weighted by Gasteiger charge is 2.31. The number of likely N-dealkylation sites (N-methyl/N-ethyl adjacent to an activating group) is 1. The van der Waals surface area contributed by atoms with Crippen molar-refractivity contribution in [1.82, 2.24) is 16.0 Å². The molecule has 3 amide bonds. The summed E-state index contributed by atoms with van der Waals surface area (Å²) in [5.41, 5.74) is 1.88. The second-order valence-corrected chi connectivity index (χ2v) is 5.55. The highest BCUT2D eigenvalue weighted by molar-refractivity contribution is 6.00. The van der Waals surface area contributed by atoms with Gasteiger partial charge in [0.15, 0.2) is 0 Å². The molecule has 6 nitrogen and oxygen atoms in total. The van der Waals surface area contributed by atoms with Crippen LogP contribution < -0.4 is 20.7 Å². The molecule has 0 radical (unpaired) electrons. The Morgan fingerprint density at radius 1 is 1.17 bits per heavy atom. The first kappa shape index (κ1) is 15.9. The maximum Gasteiger partial charge on any atom is 0.319 e. The lowest BCUT2D eigenvalue weighted by Gasteiger charge is -2.29. The average Bonchev–Trinajstić information content (AvgIpc) is 2.59. The number of methoxy groups -OCH3 is 1. The minimum atomic E-state index is -0.533. The summed E-state index contributed by atoms with van der Waals surface area (Å²) in [5.74, 6) is 0.515. The fraction of sp³-hybridized carbons (Fsp3) is 0.222. The van der Waals surface area contributed by atoms with Crippen molar-refractivity contribution in [2.75, 3.05) is 14.2 Å². The van der Waals surface area contributed by atoms with Crippen LogP contribution in [0.1, 0.15) is 18.5 Å². The third-order valence-corrected chi connectivity index (χ3v) is 4.19. The number of hydrogen-bond donors (Lipinski definition) is 3. The summed E-state index contributed by atoms with van der Waals surface area (Å²) in [6, 6.07) is 10.6. The van der Waals surface area contributed by atoms with E-state index in [-0.39, 0.29) is 11.9 Å². The molecule has 124 valence electrons. The van der Waals surface area contributed by atoms with E-state index in [1.807, 2.05) is 36.4 Å². The molecule has 1 heterocycles. The van der Waals surface area contributed by atoms with Crippen LogP contribution >= 0.6 is 0 Å². The van der Waals surface area contributed by atoms with E-state index in [1.165, 1.54) is 0 Å². The summed E-state index contributed by atoms with van der Waals surface area (Å²) < 4.78 is 5.42. The van der Waals surface area contributed by atoms with Crippen molar-refractivity contribution in [2.24, 2.45) is 0 Å². The van der Waals surface area contributed by atoms with E-state index in [4.69, 9.17) is 4.74 Å². The smallest absolute Gasteiger partial charge is 0.319 e. The molecule has 0 aromatic heterocycles. The molecule has 0 aliphatic carbocycles. The first-order valence-electron chi connectivity index (χ1n) is 7.62. The Labute approximate surface area is 139 Å². The van der Waals surface area contributed by atoms with Gasteiger partial charge in [0.05, 0.1) is 18.7 Å². The summed E-state index contributed by atoms with van der Waals surface area (Å²) in [5, 5.41) is 10.0. The van der Waals surface area contributed by atoms with Crippen molar-refractivity contribution in [3.63, 3.8) is 0 Å². The standard InChI is InChI=1S/C18H19N3O3/c1-10-15(17(22)19-2)16(21-18(23)20-10)13-8-9-14(24-3)12-7-5-4-6-11(12)13/h4-9,16H,1-3H3,(H,19,22)(H2,20,21,23). The Morgan fingerprint density at radius 3 is 2.54 bits per heavy atom. The molecule has 24 heavy (non-hydrogen) atoms. The number of rotatable bonds is 3. The number of ether oxygens (including phenoxy) is 1. The van der Waals surface area contributed by atoms with E-state index in [1.54, 1.807) is 21.1 Å². The number of carbonyl (C=O) groups excluding carboxylic acids is 2. The van der Waals surface area contributed by atoms with E-state index < -0.39 is 6.04 Å². The SMILES string of the molecule is CNC(=O)C1=C(C)NC(=O)NC1c1ccc(OC)c2ccccc12. The summed E-state index contributed by atoms with van der Waals surface area (Å²) in [6.45, 7) is 1.72. The molecule has 3 N–H and O–H groups in total. The van der Waals surface area contributed by atoms with E-state index >= 15 is 0 Å². The van der Waals surface area contributed by atoms with Crippen LogP contribution in [0.15, 0.2) is 47.7 Å². The zero-order valence-corrected chi connectivity index (χ0v) is 13.8. The van der Waals surface area contributed by atoms with Crippen LogP contribution in [0.25, 0.3) is 10.8 Å². The molecule has 0 fully saturated rings. The van der Waals surface area contributed by atoms with Crippen LogP contribution in [0.4, 0.5) is 4.79 Å². The zero-order valence-electron chi connectivity index (χ0n) is 13.8. The van der Waals surface area contributed by atoms with Crippen molar-refractivity contribution in [2.45, 2.75) is 13.0 Å². The van der Waals surface area contributed by atoms with Crippen LogP contribution in [0.2, 0.25) is 0 Å². The second-order valence-electron chi connectivity index (χ2n) is 5.55. The molecule has 6 heteroatoms. The van der Waals surface area contributed by atoms with Gasteiger partial charge in [-0.05, 0) is 23.9 Å². The molecule has 0 saturated carbocycles. The molecule has 2 aromatic carbocycles. The molecule has 1 atom stereocenters. The summed E-state index contributed by atoms with van der Waals surface area (Å²) >= 11 is 0. The lowest BCUT2D eigenvalue weighted by Crippen LogP contribution is -2.46. The Bertz CT molecular complexity index is 858. The Morgan fingerprint density at radius 2 is 1.88 bits per heavy atom. The fourth-order valence-corrected chi connectivity index (χ4v) is 3.09. The third-order valence-electron chi connectivity index (χ3n) is 4.19. The minimum absolute atomic E-state index is 0.232. The topological polar surface area (TPSA) is 79.5 Å². The minimum Gasteiger partial charge on any atom is -0.496 e. The predicted octanol–water partition coefficient (Wildman–Crippen LogP) is 2.22. The molecule has 0 saturated heterocycles. The van der Waals surface area contributed by atoms with Gasteiger partial charge in [-0.3, -0.25) is 4.79 Å². The van der Waals surface area contributed by atoms with Crippen molar-refractivity contribution in [3.05, 3.63) is 53.2 Å². The van der Waals surface area contributed by atoms with Gasteiger partial charge in [-0.25, -0.2) is 4.79 Å². The first-order valence-corrected chi connectivity index (χ1v) is 7.62. The zero-order chi connectivity index (χ0) is 17.3. The summed E-state index contributed by atoms with van der Waals surface area (Å²) in [4.78, 5) is 24.3. The van der Waals surface area contributed by atoms with Crippen molar-refractivity contribution >= 4 is 22.7 Å². The first-order chi connectivity index (χ1) is 11.6. The number of allylic oxidation sites excluding steroid dienone is 1. The maximum atomic E-state index is 12.3. The van der Waals surface area contributed by atoms with Crippen molar-refractivity contribution in [1.29, 1.82) is 0 Å². The van der Waals surface area contributed by atoms with Gasteiger partial charge in [-0.1, -0.05) is 30.3 Å². The highest BCUT2D eigenvalue weighted by atomic mass is 16.5.